The maximum Gasteiger partial charge on any atom is 0.226 e. The zero-order chi connectivity index (χ0) is 17.6. The lowest BCUT2D eigenvalue weighted by molar-refractivity contribution is -0.116. The third-order valence-corrected chi connectivity index (χ3v) is 3.59. The number of aryl methyl sites for hydroxylation is 3. The van der Waals surface area contributed by atoms with Gasteiger partial charge in [0.2, 0.25) is 11.8 Å². The van der Waals surface area contributed by atoms with Gasteiger partial charge in [-0.3, -0.25) is 9.48 Å². The van der Waals surface area contributed by atoms with Gasteiger partial charge in [-0.15, -0.1) is 0 Å². The monoisotopic (exact) mass is 336 g/mol. The van der Waals surface area contributed by atoms with E-state index in [0.717, 1.165) is 11.3 Å². The Balaban J connectivity index is 1.51. The number of amides is 1. The average Bonchev–Trinajstić information content (AvgIpc) is 3.02. The maximum absolute atomic E-state index is 12.0. The summed E-state index contributed by atoms with van der Waals surface area (Å²) in [5, 5.41) is 6.98. The number of carbonyl (C=O) groups excluding carboxylic acids is 1. The second-order valence-electron chi connectivity index (χ2n) is 5.88. The number of hydrogen-bond donors (Lipinski definition) is 1. The van der Waals surface area contributed by atoms with Crippen LogP contribution in [-0.2, 0) is 11.3 Å². The van der Waals surface area contributed by atoms with Crippen LogP contribution in [0.25, 0.3) is 0 Å². The number of nitrogens with one attached hydrogen (secondary N) is 1. The molecule has 2 heterocycles. The molecule has 3 rings (SSSR count). The summed E-state index contributed by atoms with van der Waals surface area (Å²) in [6.07, 6.45) is 5.61. The summed E-state index contributed by atoms with van der Waals surface area (Å²) in [6.45, 7) is 4.53. The molecule has 0 atom stereocenters. The van der Waals surface area contributed by atoms with Crippen molar-refractivity contribution in [3.05, 3.63) is 66.1 Å². The van der Waals surface area contributed by atoms with Gasteiger partial charge in [0.05, 0.1) is 18.1 Å². The average molecular weight is 336 g/mol. The molecule has 0 aliphatic heterocycles. The number of nitrogens with zero attached hydrogens (tertiary/aromatic N) is 3. The highest BCUT2D eigenvalue weighted by Crippen LogP contribution is 2.20. The molecule has 0 saturated carbocycles. The van der Waals surface area contributed by atoms with Crippen molar-refractivity contribution in [1.82, 2.24) is 14.8 Å². The zero-order valence-electron chi connectivity index (χ0n) is 14.3. The Morgan fingerprint density at radius 1 is 1.08 bits per heavy atom. The number of hydrogen-bond acceptors (Lipinski definition) is 4. The number of benzene rings is 1. The summed E-state index contributed by atoms with van der Waals surface area (Å²) < 4.78 is 7.42. The van der Waals surface area contributed by atoms with E-state index in [-0.39, 0.29) is 5.91 Å². The van der Waals surface area contributed by atoms with E-state index < -0.39 is 0 Å². The summed E-state index contributed by atoms with van der Waals surface area (Å²) in [7, 11) is 0. The molecule has 2 aromatic heterocycles. The number of anilines is 1. The molecule has 0 bridgehead atoms. The topological polar surface area (TPSA) is 69.0 Å². The fourth-order valence-electron chi connectivity index (χ4n) is 2.27. The summed E-state index contributed by atoms with van der Waals surface area (Å²) >= 11 is 0. The first-order chi connectivity index (χ1) is 12.1. The van der Waals surface area contributed by atoms with Crippen LogP contribution in [0, 0.1) is 13.8 Å². The van der Waals surface area contributed by atoms with E-state index in [0.29, 0.717) is 24.5 Å². The van der Waals surface area contributed by atoms with Crippen LogP contribution < -0.4 is 10.1 Å². The molecule has 0 aliphatic rings. The summed E-state index contributed by atoms with van der Waals surface area (Å²) in [5.74, 6) is 1.13. The van der Waals surface area contributed by atoms with E-state index in [4.69, 9.17) is 4.74 Å². The predicted molar refractivity (Wildman–Crippen MR) is 95.7 cm³/mol. The Hall–Kier alpha value is -3.15. The number of ether oxygens (including phenoxy) is 1. The molecule has 1 N–H and O–H groups in total. The zero-order valence-corrected chi connectivity index (χ0v) is 14.3. The van der Waals surface area contributed by atoms with Crippen LogP contribution >= 0.6 is 0 Å². The van der Waals surface area contributed by atoms with Crippen LogP contribution in [-0.4, -0.2) is 20.7 Å². The van der Waals surface area contributed by atoms with Crippen molar-refractivity contribution in [2.75, 3.05) is 5.32 Å². The Morgan fingerprint density at radius 2 is 1.88 bits per heavy atom. The molecule has 1 amide bonds. The Bertz CT molecular complexity index is 839. The molecular formula is C19H20N4O2. The molecule has 128 valence electrons. The number of pyridine rings is 1. The number of rotatable bonds is 6. The van der Waals surface area contributed by atoms with E-state index in [2.05, 4.69) is 15.4 Å². The van der Waals surface area contributed by atoms with Crippen molar-refractivity contribution in [3.8, 4) is 11.6 Å². The van der Waals surface area contributed by atoms with Crippen molar-refractivity contribution in [3.63, 3.8) is 0 Å². The van der Waals surface area contributed by atoms with Crippen molar-refractivity contribution >= 4 is 11.6 Å². The van der Waals surface area contributed by atoms with E-state index in [9.17, 15) is 4.79 Å². The maximum atomic E-state index is 12.0. The van der Waals surface area contributed by atoms with Gasteiger partial charge in [0, 0.05) is 25.2 Å². The second kappa shape index (κ2) is 7.61. The molecule has 6 nitrogen and oxygen atoms in total. The quantitative estimate of drug-likeness (QED) is 0.745. The molecule has 0 saturated heterocycles. The van der Waals surface area contributed by atoms with E-state index >= 15 is 0 Å². The molecule has 0 unspecified atom stereocenters. The smallest absolute Gasteiger partial charge is 0.226 e. The minimum absolute atomic E-state index is 0.0813. The first kappa shape index (κ1) is 16.7. The molecule has 0 spiro atoms. The van der Waals surface area contributed by atoms with Crippen LogP contribution in [0.1, 0.15) is 17.5 Å². The normalized spacial score (nSPS) is 10.5. The molecule has 1 aromatic carbocycles. The van der Waals surface area contributed by atoms with Gasteiger partial charge in [0.15, 0.2) is 0 Å². The van der Waals surface area contributed by atoms with Gasteiger partial charge in [0.25, 0.3) is 0 Å². The predicted octanol–water partition coefficient (Wildman–Crippen LogP) is 3.72. The van der Waals surface area contributed by atoms with E-state index in [1.54, 1.807) is 29.2 Å². The highest BCUT2D eigenvalue weighted by atomic mass is 16.5. The van der Waals surface area contributed by atoms with E-state index in [1.807, 2.05) is 44.3 Å². The lowest BCUT2D eigenvalue weighted by Gasteiger charge is -2.07. The Kier molecular flexibility index (Phi) is 5.09. The molecule has 0 fully saturated rings. The molecule has 6 heteroatoms. The van der Waals surface area contributed by atoms with Crippen molar-refractivity contribution in [2.24, 2.45) is 0 Å². The third-order valence-electron chi connectivity index (χ3n) is 3.59. The highest BCUT2D eigenvalue weighted by molar-refractivity contribution is 5.90. The fourth-order valence-corrected chi connectivity index (χ4v) is 2.27. The minimum Gasteiger partial charge on any atom is -0.439 e. The lowest BCUT2D eigenvalue weighted by atomic mass is 10.2. The standard InChI is InChI=1S/C19H20N4O2/c1-14-3-6-17(7-4-14)25-19-8-5-16(12-20-19)22-18(24)9-10-23-13-15(2)11-21-23/h3-8,11-13H,9-10H2,1-2H3,(H,22,24). The Morgan fingerprint density at radius 3 is 2.52 bits per heavy atom. The van der Waals surface area contributed by atoms with Gasteiger partial charge in [-0.2, -0.15) is 5.10 Å². The van der Waals surface area contributed by atoms with Gasteiger partial charge in [-0.05, 0) is 37.6 Å². The molecule has 25 heavy (non-hydrogen) atoms. The van der Waals surface area contributed by atoms with E-state index in [1.165, 1.54) is 5.56 Å². The fraction of sp³-hybridized carbons (Fsp3) is 0.211. The highest BCUT2D eigenvalue weighted by Gasteiger charge is 2.05. The summed E-state index contributed by atoms with van der Waals surface area (Å²) in [5.41, 5.74) is 2.88. The number of aromatic nitrogens is 3. The van der Waals surface area contributed by atoms with Gasteiger partial charge in [0.1, 0.15) is 5.75 Å². The largest absolute Gasteiger partial charge is 0.439 e. The third kappa shape index (κ3) is 4.91. The lowest BCUT2D eigenvalue weighted by Crippen LogP contribution is -2.14. The van der Waals surface area contributed by atoms with Crippen molar-refractivity contribution < 1.29 is 9.53 Å². The summed E-state index contributed by atoms with van der Waals surface area (Å²) in [4.78, 5) is 16.2. The molecular weight excluding hydrogens is 316 g/mol. The summed E-state index contributed by atoms with van der Waals surface area (Å²) in [6, 6.07) is 11.2. The van der Waals surface area contributed by atoms with Gasteiger partial charge in [-0.1, -0.05) is 17.7 Å². The Labute approximate surface area is 146 Å². The van der Waals surface area contributed by atoms with Gasteiger partial charge in [-0.25, -0.2) is 4.98 Å². The van der Waals surface area contributed by atoms with Crippen LogP contribution in [0.2, 0.25) is 0 Å². The number of carbonyl (C=O) groups is 1. The molecule has 3 aromatic rings. The van der Waals surface area contributed by atoms with Crippen LogP contribution in [0.3, 0.4) is 0 Å². The van der Waals surface area contributed by atoms with Crippen LogP contribution in [0.15, 0.2) is 55.0 Å². The molecule has 0 radical (unpaired) electrons. The van der Waals surface area contributed by atoms with Crippen molar-refractivity contribution in [1.29, 1.82) is 0 Å². The van der Waals surface area contributed by atoms with Gasteiger partial charge < -0.3 is 10.1 Å². The SMILES string of the molecule is Cc1ccc(Oc2ccc(NC(=O)CCn3cc(C)cn3)cn2)cc1. The van der Waals surface area contributed by atoms with Crippen LogP contribution in [0.5, 0.6) is 11.6 Å². The van der Waals surface area contributed by atoms with Crippen LogP contribution in [0.4, 0.5) is 5.69 Å². The molecule has 0 aliphatic carbocycles. The van der Waals surface area contributed by atoms with Gasteiger partial charge >= 0.3 is 0 Å². The first-order valence-corrected chi connectivity index (χ1v) is 8.08. The minimum atomic E-state index is -0.0813. The van der Waals surface area contributed by atoms with Crippen molar-refractivity contribution in [2.45, 2.75) is 26.8 Å². The first-order valence-electron chi connectivity index (χ1n) is 8.08. The second-order valence-corrected chi connectivity index (χ2v) is 5.88.